The lowest BCUT2D eigenvalue weighted by molar-refractivity contribution is -0.142. The summed E-state index contributed by atoms with van der Waals surface area (Å²) in [4.78, 5) is 23.6. The van der Waals surface area contributed by atoms with Crippen LogP contribution in [0.1, 0.15) is 79.1 Å². The Balaban J connectivity index is 3.68. The highest BCUT2D eigenvalue weighted by molar-refractivity contribution is 8.16. The third kappa shape index (κ3) is 16.3. The molecule has 2 atom stereocenters. The predicted octanol–water partition coefficient (Wildman–Crippen LogP) is 5.93. The second-order valence-corrected chi connectivity index (χ2v) is 9.35. The molecule has 4 nitrogen and oxygen atoms in total. The largest absolute Gasteiger partial charge is 0.465 e. The molecule has 0 aromatic heterocycles. The van der Waals surface area contributed by atoms with Crippen LogP contribution in [0.25, 0.3) is 0 Å². The van der Waals surface area contributed by atoms with Gasteiger partial charge in [-0.3, -0.25) is 9.59 Å². The second kappa shape index (κ2) is 19.0. The highest BCUT2D eigenvalue weighted by atomic mass is 32.2. The van der Waals surface area contributed by atoms with Crippen molar-refractivity contribution < 1.29 is 19.1 Å². The number of carbonyl (C=O) groups excluding carboxylic acids is 2. The molecule has 0 heterocycles. The van der Waals surface area contributed by atoms with Crippen molar-refractivity contribution in [2.75, 3.05) is 29.8 Å². The van der Waals surface area contributed by atoms with Gasteiger partial charge in [-0.2, -0.15) is 0 Å². The first-order valence-electron chi connectivity index (χ1n) is 10.5. The van der Waals surface area contributed by atoms with E-state index >= 15 is 0 Å². The first-order valence-corrected chi connectivity index (χ1v) is 12.8. The number of carbonyl (C=O) groups is 2. The Labute approximate surface area is 175 Å². The third-order valence-corrected chi connectivity index (χ3v) is 6.87. The van der Waals surface area contributed by atoms with E-state index in [1.807, 2.05) is 0 Å². The summed E-state index contributed by atoms with van der Waals surface area (Å²) in [5, 5.41) is 0.699. The van der Waals surface area contributed by atoms with Gasteiger partial charge in [0.2, 0.25) is 0 Å². The Morgan fingerprint density at radius 2 is 1.15 bits per heavy atom. The van der Waals surface area contributed by atoms with Crippen molar-refractivity contribution in [1.29, 1.82) is 0 Å². The van der Waals surface area contributed by atoms with Gasteiger partial charge in [0, 0.05) is 5.08 Å². The summed E-state index contributed by atoms with van der Waals surface area (Å²) in [6.45, 7) is 9.71. The molecule has 27 heavy (non-hydrogen) atoms. The molecule has 0 saturated carbocycles. The van der Waals surface area contributed by atoms with E-state index in [-0.39, 0.29) is 11.9 Å². The van der Waals surface area contributed by atoms with Crippen LogP contribution < -0.4 is 0 Å². The molecule has 0 spiro atoms. The number of ether oxygens (including phenoxy) is 2. The highest BCUT2D eigenvalue weighted by Gasteiger charge is 2.12. The molecule has 0 rings (SSSR count). The average Bonchev–Trinajstić information content (AvgIpc) is 2.68. The zero-order chi connectivity index (χ0) is 20.3. The van der Waals surface area contributed by atoms with Crippen molar-refractivity contribution in [3.63, 3.8) is 0 Å². The van der Waals surface area contributed by atoms with Crippen molar-refractivity contribution in [1.82, 2.24) is 0 Å². The smallest absolute Gasteiger partial charge is 0.315 e. The second-order valence-electron chi connectivity index (χ2n) is 7.01. The van der Waals surface area contributed by atoms with E-state index in [2.05, 4.69) is 27.7 Å². The first-order chi connectivity index (χ1) is 13.1. The summed E-state index contributed by atoms with van der Waals surface area (Å²) in [7, 11) is 0. The normalized spacial score (nSPS) is 13.2. The van der Waals surface area contributed by atoms with Gasteiger partial charge < -0.3 is 9.47 Å². The van der Waals surface area contributed by atoms with Gasteiger partial charge in [0.05, 0.1) is 24.7 Å². The maximum absolute atomic E-state index is 11.8. The quantitative estimate of drug-likeness (QED) is 0.156. The number of unbranched alkanes of at least 4 members (excludes halogenated alkanes) is 2. The van der Waals surface area contributed by atoms with Gasteiger partial charge in [0.1, 0.15) is 0 Å². The Kier molecular flexibility index (Phi) is 18.7. The summed E-state index contributed by atoms with van der Waals surface area (Å²) < 4.78 is 10.7. The lowest BCUT2D eigenvalue weighted by Crippen LogP contribution is -2.16. The summed E-state index contributed by atoms with van der Waals surface area (Å²) >= 11 is 3.00. The molecular weight excluding hydrogens is 380 g/mol. The van der Waals surface area contributed by atoms with Gasteiger partial charge in [-0.15, -0.1) is 23.5 Å². The van der Waals surface area contributed by atoms with E-state index < -0.39 is 0 Å². The summed E-state index contributed by atoms with van der Waals surface area (Å²) in [5.74, 6) is 1.35. The highest BCUT2D eigenvalue weighted by Crippen LogP contribution is 2.16. The molecule has 6 heteroatoms. The maximum Gasteiger partial charge on any atom is 0.315 e. The van der Waals surface area contributed by atoms with Gasteiger partial charge >= 0.3 is 11.9 Å². The molecule has 0 radical (unpaired) electrons. The van der Waals surface area contributed by atoms with Crippen LogP contribution in [0.2, 0.25) is 0 Å². The van der Waals surface area contributed by atoms with Crippen LogP contribution in [0, 0.1) is 11.8 Å². The van der Waals surface area contributed by atoms with E-state index in [9.17, 15) is 9.59 Å². The van der Waals surface area contributed by atoms with Crippen LogP contribution >= 0.6 is 23.5 Å². The number of hydrogen-bond donors (Lipinski definition) is 0. The molecule has 0 N–H and O–H groups in total. The Morgan fingerprint density at radius 3 is 1.48 bits per heavy atom. The van der Waals surface area contributed by atoms with Gasteiger partial charge in [0.15, 0.2) is 0 Å². The van der Waals surface area contributed by atoms with E-state index in [0.29, 0.717) is 41.6 Å². The fourth-order valence-corrected chi connectivity index (χ4v) is 4.25. The summed E-state index contributed by atoms with van der Waals surface area (Å²) in [6, 6.07) is 0. The van der Waals surface area contributed by atoms with Crippen LogP contribution in [-0.4, -0.2) is 41.7 Å². The SMILES string of the molecule is CCCC[C@@H](CC)COC(=O)CSCSCC(=O)OC[C@@H](CC)CCCC. The van der Waals surface area contributed by atoms with Crippen LogP contribution in [0.4, 0.5) is 0 Å². The van der Waals surface area contributed by atoms with Crippen LogP contribution in [0.5, 0.6) is 0 Å². The van der Waals surface area contributed by atoms with Crippen LogP contribution in [-0.2, 0) is 19.1 Å². The fourth-order valence-electron chi connectivity index (χ4n) is 2.61. The van der Waals surface area contributed by atoms with E-state index in [1.54, 1.807) is 0 Å². The van der Waals surface area contributed by atoms with E-state index in [0.717, 1.165) is 25.7 Å². The Bertz CT molecular complexity index is 343. The molecule has 0 amide bonds. The molecule has 0 aromatic rings. The fraction of sp³-hybridized carbons (Fsp3) is 0.905. The monoisotopic (exact) mass is 420 g/mol. The van der Waals surface area contributed by atoms with E-state index in [4.69, 9.17) is 9.47 Å². The molecular formula is C21H40O4S2. The zero-order valence-corrected chi connectivity index (χ0v) is 19.4. The molecule has 0 aliphatic rings. The van der Waals surface area contributed by atoms with Crippen molar-refractivity contribution in [2.45, 2.75) is 79.1 Å². The lowest BCUT2D eigenvalue weighted by Gasteiger charge is -2.14. The number of thioether (sulfide) groups is 2. The molecule has 0 unspecified atom stereocenters. The molecule has 0 aromatic carbocycles. The minimum Gasteiger partial charge on any atom is -0.465 e. The maximum atomic E-state index is 11.8. The van der Waals surface area contributed by atoms with Crippen LogP contribution in [0.15, 0.2) is 0 Å². The minimum atomic E-state index is -0.153. The van der Waals surface area contributed by atoms with E-state index in [1.165, 1.54) is 49.2 Å². The predicted molar refractivity (Wildman–Crippen MR) is 118 cm³/mol. The number of esters is 2. The summed E-state index contributed by atoms with van der Waals surface area (Å²) in [6.07, 6.45) is 9.09. The average molecular weight is 421 g/mol. The van der Waals surface area contributed by atoms with Crippen molar-refractivity contribution >= 4 is 35.5 Å². The van der Waals surface area contributed by atoms with Crippen LogP contribution in [0.3, 0.4) is 0 Å². The van der Waals surface area contributed by atoms with Crippen molar-refractivity contribution in [3.8, 4) is 0 Å². The lowest BCUT2D eigenvalue weighted by atomic mass is 10.0. The molecule has 0 aliphatic heterocycles. The molecule has 0 fully saturated rings. The number of rotatable bonds is 18. The van der Waals surface area contributed by atoms with Gasteiger partial charge in [0.25, 0.3) is 0 Å². The van der Waals surface area contributed by atoms with Gasteiger partial charge in [-0.25, -0.2) is 0 Å². The van der Waals surface area contributed by atoms with Crippen molar-refractivity contribution in [3.05, 3.63) is 0 Å². The van der Waals surface area contributed by atoms with Gasteiger partial charge in [-0.1, -0.05) is 66.2 Å². The Morgan fingerprint density at radius 1 is 0.741 bits per heavy atom. The summed E-state index contributed by atoms with van der Waals surface area (Å²) in [5.41, 5.74) is 0. The molecule has 0 saturated heterocycles. The molecule has 160 valence electrons. The first kappa shape index (κ1) is 26.6. The topological polar surface area (TPSA) is 52.6 Å². The molecule has 0 aliphatic carbocycles. The zero-order valence-electron chi connectivity index (χ0n) is 17.8. The number of hydrogen-bond acceptors (Lipinski definition) is 6. The van der Waals surface area contributed by atoms with Gasteiger partial charge in [-0.05, 0) is 24.7 Å². The van der Waals surface area contributed by atoms with Crippen molar-refractivity contribution in [2.24, 2.45) is 11.8 Å². The standard InChI is InChI=1S/C21H40O4S2/c1-5-9-11-18(7-3)13-24-20(22)15-26-17-27-16-21(23)25-14-19(8-4)12-10-6-2/h18-19H,5-17H2,1-4H3/t18-,19+. The third-order valence-electron chi connectivity index (χ3n) is 4.65. The molecule has 0 bridgehead atoms. The minimum absolute atomic E-state index is 0.153. The Hall–Kier alpha value is -0.360.